The third-order valence-electron chi connectivity index (χ3n) is 4.11. The number of imide groups is 1. The van der Waals surface area contributed by atoms with E-state index in [1.807, 2.05) is 19.1 Å². The van der Waals surface area contributed by atoms with Crippen LogP contribution in [-0.2, 0) is 11.2 Å². The van der Waals surface area contributed by atoms with Crippen molar-refractivity contribution in [2.75, 3.05) is 4.90 Å². The summed E-state index contributed by atoms with van der Waals surface area (Å²) in [7, 11) is 0. The Kier molecular flexibility index (Phi) is 5.61. The van der Waals surface area contributed by atoms with Crippen molar-refractivity contribution >= 4 is 17.5 Å². The fraction of sp³-hybridized carbons (Fsp3) is 0.136. The Morgan fingerprint density at radius 1 is 0.889 bits per heavy atom. The van der Waals surface area contributed by atoms with Crippen LogP contribution in [0.15, 0.2) is 73.1 Å². The number of aromatic nitrogens is 1. The van der Waals surface area contributed by atoms with Crippen LogP contribution in [0.1, 0.15) is 29.8 Å². The van der Waals surface area contributed by atoms with E-state index in [0.29, 0.717) is 22.7 Å². The number of benzene rings is 2. The van der Waals surface area contributed by atoms with Crippen molar-refractivity contribution in [1.29, 1.82) is 0 Å². The molecule has 0 bridgehead atoms. The fourth-order valence-electron chi connectivity index (χ4n) is 2.66. The molecule has 0 saturated heterocycles. The predicted octanol–water partition coefficient (Wildman–Crippen LogP) is 4.63. The Hall–Kier alpha value is -3.47. The van der Waals surface area contributed by atoms with Gasteiger partial charge in [-0.2, -0.15) is 0 Å². The van der Waals surface area contributed by atoms with Gasteiger partial charge in [-0.25, -0.2) is 4.90 Å². The van der Waals surface area contributed by atoms with Crippen LogP contribution in [0.3, 0.4) is 0 Å². The second kappa shape index (κ2) is 8.27. The van der Waals surface area contributed by atoms with Crippen molar-refractivity contribution in [3.05, 3.63) is 84.2 Å². The van der Waals surface area contributed by atoms with Gasteiger partial charge in [0.1, 0.15) is 11.5 Å². The van der Waals surface area contributed by atoms with Crippen LogP contribution in [0, 0.1) is 0 Å². The van der Waals surface area contributed by atoms with Crippen molar-refractivity contribution in [1.82, 2.24) is 4.98 Å². The van der Waals surface area contributed by atoms with Gasteiger partial charge in [-0.3, -0.25) is 14.6 Å². The van der Waals surface area contributed by atoms with Gasteiger partial charge in [0, 0.05) is 24.9 Å². The van der Waals surface area contributed by atoms with Gasteiger partial charge in [0.25, 0.3) is 5.91 Å². The highest BCUT2D eigenvalue weighted by atomic mass is 16.5. The van der Waals surface area contributed by atoms with Crippen molar-refractivity contribution < 1.29 is 14.3 Å². The molecule has 1 aromatic heterocycles. The van der Waals surface area contributed by atoms with E-state index in [4.69, 9.17) is 4.74 Å². The molecule has 2 amide bonds. The molecule has 1 heterocycles. The molecule has 2 aromatic carbocycles. The second-order valence-corrected chi connectivity index (χ2v) is 5.99. The molecule has 0 N–H and O–H groups in total. The summed E-state index contributed by atoms with van der Waals surface area (Å²) in [5.41, 5.74) is 2.10. The number of nitrogens with zero attached hydrogens (tertiary/aromatic N) is 2. The summed E-state index contributed by atoms with van der Waals surface area (Å²) in [6.45, 7) is 3.42. The number of aryl methyl sites for hydroxylation is 1. The van der Waals surface area contributed by atoms with Crippen LogP contribution < -0.4 is 9.64 Å². The Morgan fingerprint density at radius 2 is 1.48 bits per heavy atom. The summed E-state index contributed by atoms with van der Waals surface area (Å²) in [6, 6.07) is 17.6. The molecule has 0 saturated carbocycles. The molecule has 0 unspecified atom stereocenters. The molecule has 0 fully saturated rings. The van der Waals surface area contributed by atoms with Crippen LogP contribution in [0.2, 0.25) is 0 Å². The SMILES string of the molecule is CCc1ccc(C(=O)N(C(C)=O)c2ccc(Oc3ccncc3)cc2)cc1. The molecule has 0 atom stereocenters. The number of ether oxygens (including phenoxy) is 1. The summed E-state index contributed by atoms with van der Waals surface area (Å²) in [6.07, 6.45) is 4.18. The minimum atomic E-state index is -0.354. The average molecular weight is 360 g/mol. The molecular weight excluding hydrogens is 340 g/mol. The van der Waals surface area contributed by atoms with Crippen molar-refractivity contribution in [3.8, 4) is 11.5 Å². The highest BCUT2D eigenvalue weighted by Gasteiger charge is 2.21. The lowest BCUT2D eigenvalue weighted by Gasteiger charge is -2.20. The van der Waals surface area contributed by atoms with Gasteiger partial charge in [0.05, 0.1) is 5.69 Å². The maximum Gasteiger partial charge on any atom is 0.265 e. The molecule has 27 heavy (non-hydrogen) atoms. The largest absolute Gasteiger partial charge is 0.457 e. The molecule has 136 valence electrons. The number of carbonyl (C=O) groups is 2. The lowest BCUT2D eigenvalue weighted by Crippen LogP contribution is -2.35. The van der Waals surface area contributed by atoms with Gasteiger partial charge < -0.3 is 4.74 Å². The van der Waals surface area contributed by atoms with Gasteiger partial charge in [-0.1, -0.05) is 19.1 Å². The molecule has 0 spiro atoms. The van der Waals surface area contributed by atoms with Gasteiger partial charge in [0.2, 0.25) is 5.91 Å². The van der Waals surface area contributed by atoms with Gasteiger partial charge in [0.15, 0.2) is 0 Å². The number of pyridine rings is 1. The Labute approximate surface area is 158 Å². The fourth-order valence-corrected chi connectivity index (χ4v) is 2.66. The second-order valence-electron chi connectivity index (χ2n) is 5.99. The first-order valence-corrected chi connectivity index (χ1v) is 8.70. The normalized spacial score (nSPS) is 10.3. The summed E-state index contributed by atoms with van der Waals surface area (Å²) >= 11 is 0. The molecule has 0 radical (unpaired) electrons. The van der Waals surface area contributed by atoms with E-state index in [1.165, 1.54) is 6.92 Å². The smallest absolute Gasteiger partial charge is 0.265 e. The molecule has 3 aromatic rings. The van der Waals surface area contributed by atoms with Crippen LogP contribution in [0.25, 0.3) is 0 Å². The van der Waals surface area contributed by atoms with Crippen LogP contribution >= 0.6 is 0 Å². The maximum atomic E-state index is 12.8. The van der Waals surface area contributed by atoms with E-state index in [1.54, 1.807) is 60.9 Å². The minimum Gasteiger partial charge on any atom is -0.457 e. The summed E-state index contributed by atoms with van der Waals surface area (Å²) in [4.78, 5) is 30.1. The van der Waals surface area contributed by atoms with Gasteiger partial charge in [-0.15, -0.1) is 0 Å². The van der Waals surface area contributed by atoms with E-state index >= 15 is 0 Å². The molecular formula is C22H20N2O3. The minimum absolute atomic E-state index is 0.345. The van der Waals surface area contributed by atoms with Crippen molar-refractivity contribution in [2.24, 2.45) is 0 Å². The number of hydrogen-bond acceptors (Lipinski definition) is 4. The van der Waals surface area contributed by atoms with E-state index in [9.17, 15) is 9.59 Å². The first-order valence-electron chi connectivity index (χ1n) is 8.70. The lowest BCUT2D eigenvalue weighted by atomic mass is 10.1. The first kappa shape index (κ1) is 18.3. The summed E-state index contributed by atoms with van der Waals surface area (Å²) in [5.74, 6) is 0.566. The van der Waals surface area contributed by atoms with Gasteiger partial charge >= 0.3 is 0 Å². The topological polar surface area (TPSA) is 59.5 Å². The highest BCUT2D eigenvalue weighted by Crippen LogP contribution is 2.25. The van der Waals surface area contributed by atoms with Crippen LogP contribution in [-0.4, -0.2) is 16.8 Å². The molecule has 5 heteroatoms. The third kappa shape index (κ3) is 4.39. The number of anilines is 1. The third-order valence-corrected chi connectivity index (χ3v) is 4.11. The first-order chi connectivity index (χ1) is 13.1. The number of carbonyl (C=O) groups excluding carboxylic acids is 2. The molecule has 0 aliphatic rings. The maximum absolute atomic E-state index is 12.8. The molecule has 3 rings (SSSR count). The van der Waals surface area contributed by atoms with Gasteiger partial charge in [-0.05, 0) is 60.5 Å². The van der Waals surface area contributed by atoms with Crippen LogP contribution in [0.5, 0.6) is 11.5 Å². The summed E-state index contributed by atoms with van der Waals surface area (Å²) < 4.78 is 5.72. The molecule has 0 aliphatic carbocycles. The Morgan fingerprint density at radius 3 is 2.04 bits per heavy atom. The quantitative estimate of drug-likeness (QED) is 0.666. The lowest BCUT2D eigenvalue weighted by molar-refractivity contribution is -0.115. The monoisotopic (exact) mass is 360 g/mol. The molecule has 5 nitrogen and oxygen atoms in total. The molecule has 0 aliphatic heterocycles. The highest BCUT2D eigenvalue weighted by molar-refractivity contribution is 6.20. The number of rotatable bonds is 5. The standard InChI is InChI=1S/C22H20N2O3/c1-3-17-4-6-18(7-5-17)22(26)24(16(2)25)19-8-10-20(11-9-19)27-21-12-14-23-15-13-21/h4-15H,3H2,1-2H3. The number of amides is 2. The average Bonchev–Trinajstić information content (AvgIpc) is 2.70. The van der Waals surface area contributed by atoms with Crippen LogP contribution in [0.4, 0.5) is 5.69 Å². The Balaban J connectivity index is 1.81. The van der Waals surface area contributed by atoms with E-state index < -0.39 is 0 Å². The Bertz CT molecular complexity index is 920. The van der Waals surface area contributed by atoms with Crippen molar-refractivity contribution in [2.45, 2.75) is 20.3 Å². The van der Waals surface area contributed by atoms with E-state index in [-0.39, 0.29) is 11.8 Å². The predicted molar refractivity (Wildman–Crippen MR) is 104 cm³/mol. The van der Waals surface area contributed by atoms with E-state index in [0.717, 1.165) is 16.9 Å². The zero-order valence-electron chi connectivity index (χ0n) is 15.3. The zero-order valence-corrected chi connectivity index (χ0v) is 15.3. The van der Waals surface area contributed by atoms with E-state index in [2.05, 4.69) is 4.98 Å². The van der Waals surface area contributed by atoms with Crippen molar-refractivity contribution in [3.63, 3.8) is 0 Å². The number of hydrogen-bond donors (Lipinski definition) is 0. The zero-order chi connectivity index (χ0) is 19.2. The summed E-state index contributed by atoms with van der Waals surface area (Å²) in [5, 5.41) is 0.